The monoisotopic (exact) mass is 200 g/mol. The van der Waals surface area contributed by atoms with E-state index in [-0.39, 0.29) is 18.6 Å². The van der Waals surface area contributed by atoms with E-state index < -0.39 is 0 Å². The molecule has 1 saturated heterocycles. The lowest BCUT2D eigenvalue weighted by Crippen LogP contribution is -2.43. The minimum atomic E-state index is 0.0327. The first-order valence-electron chi connectivity index (χ1n) is 5.33. The third-order valence-corrected chi connectivity index (χ3v) is 2.84. The molecule has 1 unspecified atom stereocenters. The number of rotatable bonds is 3. The van der Waals surface area contributed by atoms with Crippen molar-refractivity contribution >= 4 is 5.91 Å². The van der Waals surface area contributed by atoms with E-state index >= 15 is 0 Å². The molecular formula is C10H20N2O2. The number of likely N-dealkylation sites (tertiary alicyclic amines) is 1. The van der Waals surface area contributed by atoms with Crippen molar-refractivity contribution < 1.29 is 9.90 Å². The predicted octanol–water partition coefficient (Wildman–Crippen LogP) is -0.0307. The number of aliphatic hydroxyl groups excluding tert-OH is 1. The molecule has 1 rings (SSSR count). The van der Waals surface area contributed by atoms with Crippen LogP contribution in [0.3, 0.4) is 0 Å². The van der Waals surface area contributed by atoms with E-state index in [1.165, 1.54) is 6.42 Å². The number of aliphatic hydroxyl groups is 1. The van der Waals surface area contributed by atoms with Crippen LogP contribution in [0.25, 0.3) is 0 Å². The van der Waals surface area contributed by atoms with E-state index in [0.29, 0.717) is 6.54 Å². The van der Waals surface area contributed by atoms with Gasteiger partial charge in [-0.2, -0.15) is 0 Å². The molecule has 1 amide bonds. The summed E-state index contributed by atoms with van der Waals surface area (Å²) >= 11 is 0. The van der Waals surface area contributed by atoms with E-state index in [2.05, 4.69) is 10.2 Å². The van der Waals surface area contributed by atoms with Crippen molar-refractivity contribution in [3.8, 4) is 0 Å². The van der Waals surface area contributed by atoms with Crippen molar-refractivity contribution in [2.75, 3.05) is 26.7 Å². The van der Waals surface area contributed by atoms with Gasteiger partial charge in [0.05, 0.1) is 13.2 Å². The molecule has 0 radical (unpaired) electrons. The van der Waals surface area contributed by atoms with Crippen molar-refractivity contribution in [2.45, 2.75) is 31.7 Å². The van der Waals surface area contributed by atoms with Crippen LogP contribution in [-0.4, -0.2) is 48.7 Å². The second-order valence-electron chi connectivity index (χ2n) is 3.83. The molecule has 4 heteroatoms. The molecule has 0 spiro atoms. The number of hydrogen-bond donors (Lipinski definition) is 2. The summed E-state index contributed by atoms with van der Waals surface area (Å²) in [7, 11) is 1.65. The standard InChI is InChI=1S/C10H20N2O2/c1-11-10(14)7-12-6-4-2-3-5-9(12)8-13/h9,13H,2-8H2,1H3,(H,11,14). The number of carbonyl (C=O) groups excluding carboxylic acids is 1. The molecule has 1 atom stereocenters. The van der Waals surface area contributed by atoms with Crippen LogP contribution < -0.4 is 5.32 Å². The van der Waals surface area contributed by atoms with E-state index in [4.69, 9.17) is 0 Å². The van der Waals surface area contributed by atoms with Gasteiger partial charge >= 0.3 is 0 Å². The number of carbonyl (C=O) groups is 1. The highest BCUT2D eigenvalue weighted by atomic mass is 16.3. The molecule has 82 valence electrons. The summed E-state index contributed by atoms with van der Waals surface area (Å²) in [6.45, 7) is 1.51. The van der Waals surface area contributed by atoms with Crippen molar-refractivity contribution in [2.24, 2.45) is 0 Å². The number of amides is 1. The van der Waals surface area contributed by atoms with E-state index in [9.17, 15) is 9.90 Å². The molecule has 14 heavy (non-hydrogen) atoms. The van der Waals surface area contributed by atoms with Crippen LogP contribution >= 0.6 is 0 Å². The smallest absolute Gasteiger partial charge is 0.233 e. The molecule has 0 aromatic heterocycles. The van der Waals surface area contributed by atoms with Gasteiger partial charge in [-0.05, 0) is 19.4 Å². The number of nitrogens with zero attached hydrogens (tertiary/aromatic N) is 1. The summed E-state index contributed by atoms with van der Waals surface area (Å²) < 4.78 is 0. The third-order valence-electron chi connectivity index (χ3n) is 2.84. The van der Waals surface area contributed by atoms with Crippen molar-refractivity contribution in [1.29, 1.82) is 0 Å². The second kappa shape index (κ2) is 5.98. The first kappa shape index (κ1) is 11.5. The number of nitrogens with one attached hydrogen (secondary N) is 1. The van der Waals surface area contributed by atoms with Crippen molar-refractivity contribution in [3.05, 3.63) is 0 Å². The average molecular weight is 200 g/mol. The zero-order valence-electron chi connectivity index (χ0n) is 8.83. The fourth-order valence-corrected chi connectivity index (χ4v) is 1.92. The molecule has 4 nitrogen and oxygen atoms in total. The van der Waals surface area contributed by atoms with Crippen LogP contribution in [0.15, 0.2) is 0 Å². The maximum Gasteiger partial charge on any atom is 0.233 e. The molecule has 0 bridgehead atoms. The molecule has 1 aliphatic heterocycles. The van der Waals surface area contributed by atoms with Gasteiger partial charge < -0.3 is 10.4 Å². The van der Waals surface area contributed by atoms with Gasteiger partial charge in [-0.25, -0.2) is 0 Å². The Labute approximate surface area is 85.3 Å². The van der Waals surface area contributed by atoms with Crippen LogP contribution in [0.1, 0.15) is 25.7 Å². The van der Waals surface area contributed by atoms with Crippen molar-refractivity contribution in [3.63, 3.8) is 0 Å². The van der Waals surface area contributed by atoms with Crippen LogP contribution in [0, 0.1) is 0 Å². The van der Waals surface area contributed by atoms with Gasteiger partial charge in [-0.3, -0.25) is 9.69 Å². The van der Waals surface area contributed by atoms with Gasteiger partial charge in [0.25, 0.3) is 0 Å². The summed E-state index contributed by atoms with van der Waals surface area (Å²) in [6, 6.07) is 0.176. The number of likely N-dealkylation sites (N-methyl/N-ethyl adjacent to an activating group) is 1. The summed E-state index contributed by atoms with van der Waals surface area (Å²) in [4.78, 5) is 13.3. The predicted molar refractivity (Wildman–Crippen MR) is 55.0 cm³/mol. The van der Waals surface area contributed by atoms with Crippen LogP contribution in [0.4, 0.5) is 0 Å². The topological polar surface area (TPSA) is 52.6 Å². The molecule has 1 aliphatic rings. The molecule has 0 aromatic carbocycles. The zero-order chi connectivity index (χ0) is 10.4. The van der Waals surface area contributed by atoms with Crippen LogP contribution in [-0.2, 0) is 4.79 Å². The largest absolute Gasteiger partial charge is 0.395 e. The summed E-state index contributed by atoms with van der Waals surface area (Å²) in [5.74, 6) is 0.0327. The lowest BCUT2D eigenvalue weighted by molar-refractivity contribution is -0.122. The normalized spacial score (nSPS) is 24.3. The Bertz CT molecular complexity index is 185. The minimum absolute atomic E-state index is 0.0327. The molecule has 1 fully saturated rings. The maximum absolute atomic E-state index is 11.2. The first-order chi connectivity index (χ1) is 6.77. The Morgan fingerprint density at radius 2 is 2.29 bits per heavy atom. The van der Waals surface area contributed by atoms with E-state index in [1.807, 2.05) is 0 Å². The minimum Gasteiger partial charge on any atom is -0.395 e. The maximum atomic E-state index is 11.2. The first-order valence-corrected chi connectivity index (χ1v) is 5.33. The average Bonchev–Trinajstić information content (AvgIpc) is 2.42. The summed E-state index contributed by atoms with van der Waals surface area (Å²) in [5.41, 5.74) is 0. The van der Waals surface area contributed by atoms with Gasteiger partial charge in [-0.15, -0.1) is 0 Å². The van der Waals surface area contributed by atoms with Crippen molar-refractivity contribution in [1.82, 2.24) is 10.2 Å². The van der Waals surface area contributed by atoms with Gasteiger partial charge in [0, 0.05) is 13.1 Å². The molecule has 0 aromatic rings. The second-order valence-corrected chi connectivity index (χ2v) is 3.83. The molecule has 0 saturated carbocycles. The van der Waals surface area contributed by atoms with Gasteiger partial charge in [0.15, 0.2) is 0 Å². The molecular weight excluding hydrogens is 180 g/mol. The summed E-state index contributed by atoms with van der Waals surface area (Å²) in [5, 5.41) is 11.8. The quantitative estimate of drug-likeness (QED) is 0.672. The van der Waals surface area contributed by atoms with Gasteiger partial charge in [0.1, 0.15) is 0 Å². The Balaban J connectivity index is 2.47. The highest BCUT2D eigenvalue weighted by Crippen LogP contribution is 2.15. The lowest BCUT2D eigenvalue weighted by atomic mass is 10.1. The third kappa shape index (κ3) is 3.27. The lowest BCUT2D eigenvalue weighted by Gasteiger charge is -2.27. The Hall–Kier alpha value is -0.610. The SMILES string of the molecule is CNC(=O)CN1CCCCCC1CO. The fourth-order valence-electron chi connectivity index (χ4n) is 1.92. The van der Waals surface area contributed by atoms with Gasteiger partial charge in [-0.1, -0.05) is 12.8 Å². The highest BCUT2D eigenvalue weighted by Gasteiger charge is 2.21. The molecule has 1 heterocycles. The van der Waals surface area contributed by atoms with E-state index in [1.54, 1.807) is 7.05 Å². The number of hydrogen-bond acceptors (Lipinski definition) is 3. The Morgan fingerprint density at radius 3 is 2.93 bits per heavy atom. The fraction of sp³-hybridized carbons (Fsp3) is 0.900. The Kier molecular flexibility index (Phi) is 4.90. The highest BCUT2D eigenvalue weighted by molar-refractivity contribution is 5.77. The van der Waals surface area contributed by atoms with Crippen LogP contribution in [0.5, 0.6) is 0 Å². The van der Waals surface area contributed by atoms with E-state index in [0.717, 1.165) is 25.8 Å². The zero-order valence-corrected chi connectivity index (χ0v) is 8.83. The molecule has 2 N–H and O–H groups in total. The summed E-state index contributed by atoms with van der Waals surface area (Å²) in [6.07, 6.45) is 4.51. The Morgan fingerprint density at radius 1 is 1.50 bits per heavy atom. The van der Waals surface area contributed by atoms with Crippen LogP contribution in [0.2, 0.25) is 0 Å². The van der Waals surface area contributed by atoms with Gasteiger partial charge in [0.2, 0.25) is 5.91 Å². The molecule has 0 aliphatic carbocycles.